The van der Waals surface area contributed by atoms with Gasteiger partial charge in [0.25, 0.3) is 0 Å². The van der Waals surface area contributed by atoms with Crippen molar-refractivity contribution in [3.63, 3.8) is 0 Å². The van der Waals surface area contributed by atoms with Gasteiger partial charge in [0.2, 0.25) is 5.95 Å². The van der Waals surface area contributed by atoms with Gasteiger partial charge in [0.1, 0.15) is 0 Å². The third-order valence-electron chi connectivity index (χ3n) is 2.56. The Labute approximate surface area is 87.3 Å². The van der Waals surface area contributed by atoms with Gasteiger partial charge in [-0.2, -0.15) is 4.39 Å². The number of ether oxygens (including phenoxy) is 1. The van der Waals surface area contributed by atoms with Crippen LogP contribution in [0.15, 0.2) is 18.3 Å². The summed E-state index contributed by atoms with van der Waals surface area (Å²) < 4.78 is 17.7. The normalized spacial score (nSPS) is 23.6. The molecule has 1 fully saturated rings. The Balaban J connectivity index is 2.01. The fourth-order valence-corrected chi connectivity index (χ4v) is 1.72. The molecule has 0 aliphatic heterocycles. The van der Waals surface area contributed by atoms with Crippen molar-refractivity contribution < 1.29 is 13.9 Å². The zero-order valence-electron chi connectivity index (χ0n) is 8.44. The number of pyridine rings is 1. The van der Waals surface area contributed by atoms with E-state index in [1.54, 1.807) is 13.0 Å². The molecule has 0 spiro atoms. The van der Waals surface area contributed by atoms with Gasteiger partial charge < -0.3 is 4.74 Å². The molecule has 15 heavy (non-hydrogen) atoms. The molecule has 3 nitrogen and oxygen atoms in total. The minimum absolute atomic E-state index is 0.0910. The molecule has 1 aromatic rings. The number of aromatic nitrogens is 1. The van der Waals surface area contributed by atoms with Gasteiger partial charge in [-0.1, -0.05) is 0 Å². The summed E-state index contributed by atoms with van der Waals surface area (Å²) in [6.07, 6.45) is 2.17. The fourth-order valence-electron chi connectivity index (χ4n) is 1.72. The third kappa shape index (κ3) is 2.14. The highest BCUT2D eigenvalue weighted by Crippen LogP contribution is 2.48. The molecule has 2 atom stereocenters. The molecule has 0 radical (unpaired) electrons. The zero-order valence-corrected chi connectivity index (χ0v) is 8.44. The van der Waals surface area contributed by atoms with E-state index in [1.807, 2.05) is 0 Å². The highest BCUT2D eigenvalue weighted by molar-refractivity contribution is 5.77. The Kier molecular flexibility index (Phi) is 2.66. The van der Waals surface area contributed by atoms with Crippen LogP contribution in [-0.4, -0.2) is 17.6 Å². The molecule has 1 saturated carbocycles. The van der Waals surface area contributed by atoms with Crippen molar-refractivity contribution >= 4 is 5.97 Å². The summed E-state index contributed by atoms with van der Waals surface area (Å²) in [5.74, 6) is -0.657. The number of nitrogens with zero attached hydrogens (tertiary/aromatic N) is 1. The summed E-state index contributed by atoms with van der Waals surface area (Å²) >= 11 is 0. The molecule has 1 heterocycles. The van der Waals surface area contributed by atoms with Crippen LogP contribution in [0.3, 0.4) is 0 Å². The lowest BCUT2D eigenvalue weighted by Crippen LogP contribution is -2.07. The first-order valence-electron chi connectivity index (χ1n) is 5.00. The summed E-state index contributed by atoms with van der Waals surface area (Å²) in [4.78, 5) is 14.8. The van der Waals surface area contributed by atoms with Crippen LogP contribution in [0.4, 0.5) is 4.39 Å². The van der Waals surface area contributed by atoms with Gasteiger partial charge in [0.15, 0.2) is 0 Å². The minimum Gasteiger partial charge on any atom is -0.466 e. The Morgan fingerprint density at radius 3 is 3.20 bits per heavy atom. The van der Waals surface area contributed by atoms with Gasteiger partial charge in [-0.05, 0) is 37.0 Å². The van der Waals surface area contributed by atoms with E-state index in [-0.39, 0.29) is 17.8 Å². The molecular weight excluding hydrogens is 197 g/mol. The second-order valence-corrected chi connectivity index (χ2v) is 3.61. The quantitative estimate of drug-likeness (QED) is 0.563. The number of carbonyl (C=O) groups excluding carboxylic acids is 1. The number of rotatable bonds is 3. The SMILES string of the molecule is CCOC(=O)C1CC1c1ccnc(F)c1. The first-order chi connectivity index (χ1) is 7.22. The zero-order chi connectivity index (χ0) is 10.8. The molecule has 0 amide bonds. The lowest BCUT2D eigenvalue weighted by Gasteiger charge is -2.01. The summed E-state index contributed by atoms with van der Waals surface area (Å²) in [5.41, 5.74) is 0.834. The van der Waals surface area contributed by atoms with Gasteiger partial charge in [0, 0.05) is 6.20 Å². The maximum Gasteiger partial charge on any atom is 0.309 e. The highest BCUT2D eigenvalue weighted by Gasteiger charge is 2.45. The molecule has 1 aliphatic carbocycles. The molecule has 4 heteroatoms. The van der Waals surface area contributed by atoms with Crippen molar-refractivity contribution in [2.45, 2.75) is 19.3 Å². The average molecular weight is 209 g/mol. The number of hydrogen-bond donors (Lipinski definition) is 0. The lowest BCUT2D eigenvalue weighted by atomic mass is 10.1. The van der Waals surface area contributed by atoms with E-state index in [1.165, 1.54) is 12.3 Å². The number of esters is 1. The van der Waals surface area contributed by atoms with Crippen molar-refractivity contribution in [2.75, 3.05) is 6.61 Å². The lowest BCUT2D eigenvalue weighted by molar-refractivity contribution is -0.144. The molecule has 0 saturated heterocycles. The standard InChI is InChI=1S/C11H12FNO2/c1-2-15-11(14)9-6-8(9)7-3-4-13-10(12)5-7/h3-5,8-9H,2,6H2,1H3. The van der Waals surface area contributed by atoms with E-state index in [4.69, 9.17) is 4.74 Å². The van der Waals surface area contributed by atoms with Crippen LogP contribution >= 0.6 is 0 Å². The van der Waals surface area contributed by atoms with Crippen LogP contribution in [0.25, 0.3) is 0 Å². The predicted octanol–water partition coefficient (Wildman–Crippen LogP) is 1.89. The molecule has 0 aromatic carbocycles. The molecule has 1 aromatic heterocycles. The molecule has 2 rings (SSSR count). The van der Waals surface area contributed by atoms with Crippen molar-refractivity contribution in [1.82, 2.24) is 4.98 Å². The van der Waals surface area contributed by atoms with Crippen molar-refractivity contribution in [3.8, 4) is 0 Å². The van der Waals surface area contributed by atoms with Crippen LogP contribution in [-0.2, 0) is 9.53 Å². The smallest absolute Gasteiger partial charge is 0.309 e. The first-order valence-corrected chi connectivity index (χ1v) is 5.00. The Morgan fingerprint density at radius 2 is 2.53 bits per heavy atom. The van der Waals surface area contributed by atoms with Crippen LogP contribution in [0.5, 0.6) is 0 Å². The van der Waals surface area contributed by atoms with E-state index in [0.29, 0.717) is 6.61 Å². The monoisotopic (exact) mass is 209 g/mol. The van der Waals surface area contributed by atoms with Gasteiger partial charge >= 0.3 is 5.97 Å². The number of carbonyl (C=O) groups is 1. The second-order valence-electron chi connectivity index (χ2n) is 3.61. The Hall–Kier alpha value is -1.45. The van der Waals surface area contributed by atoms with Gasteiger partial charge in [-0.25, -0.2) is 4.98 Å². The summed E-state index contributed by atoms with van der Waals surface area (Å²) in [5, 5.41) is 0. The van der Waals surface area contributed by atoms with Crippen molar-refractivity contribution in [2.24, 2.45) is 5.92 Å². The topological polar surface area (TPSA) is 39.2 Å². The minimum atomic E-state index is -0.498. The van der Waals surface area contributed by atoms with Gasteiger partial charge in [-0.15, -0.1) is 0 Å². The van der Waals surface area contributed by atoms with Crippen molar-refractivity contribution in [1.29, 1.82) is 0 Å². The van der Waals surface area contributed by atoms with E-state index in [0.717, 1.165) is 12.0 Å². The summed E-state index contributed by atoms with van der Waals surface area (Å²) in [6, 6.07) is 3.12. The molecule has 0 bridgehead atoms. The molecule has 80 valence electrons. The maximum atomic E-state index is 12.8. The van der Waals surface area contributed by atoms with Crippen LogP contribution in [0.2, 0.25) is 0 Å². The van der Waals surface area contributed by atoms with E-state index < -0.39 is 5.95 Å². The second kappa shape index (κ2) is 3.96. The third-order valence-corrected chi connectivity index (χ3v) is 2.56. The summed E-state index contributed by atoms with van der Waals surface area (Å²) in [7, 11) is 0. The predicted molar refractivity (Wildman–Crippen MR) is 51.7 cm³/mol. The Morgan fingerprint density at radius 1 is 1.73 bits per heavy atom. The number of hydrogen-bond acceptors (Lipinski definition) is 3. The average Bonchev–Trinajstić information content (AvgIpc) is 2.97. The molecular formula is C11H12FNO2. The van der Waals surface area contributed by atoms with Crippen LogP contribution < -0.4 is 0 Å². The van der Waals surface area contributed by atoms with E-state index in [2.05, 4.69) is 4.98 Å². The highest BCUT2D eigenvalue weighted by atomic mass is 19.1. The van der Waals surface area contributed by atoms with E-state index in [9.17, 15) is 9.18 Å². The maximum absolute atomic E-state index is 12.8. The van der Waals surface area contributed by atoms with E-state index >= 15 is 0 Å². The molecule has 2 unspecified atom stereocenters. The molecule has 1 aliphatic rings. The number of halogens is 1. The van der Waals surface area contributed by atoms with Gasteiger partial charge in [-0.3, -0.25) is 4.79 Å². The van der Waals surface area contributed by atoms with Crippen LogP contribution in [0.1, 0.15) is 24.8 Å². The fraction of sp³-hybridized carbons (Fsp3) is 0.455. The largest absolute Gasteiger partial charge is 0.466 e. The van der Waals surface area contributed by atoms with Gasteiger partial charge in [0.05, 0.1) is 12.5 Å². The molecule has 0 N–H and O–H groups in total. The van der Waals surface area contributed by atoms with Crippen LogP contribution in [0, 0.1) is 11.9 Å². The Bertz CT molecular complexity index is 381. The van der Waals surface area contributed by atoms with Crippen molar-refractivity contribution in [3.05, 3.63) is 29.8 Å². The first kappa shape index (κ1) is 10.1. The summed E-state index contributed by atoms with van der Waals surface area (Å²) in [6.45, 7) is 2.17.